The van der Waals surface area contributed by atoms with Gasteiger partial charge in [0.1, 0.15) is 17.6 Å². The van der Waals surface area contributed by atoms with Crippen LogP contribution in [0.4, 0.5) is 0 Å². The maximum Gasteiger partial charge on any atom is 0.250 e. The Morgan fingerprint density at radius 1 is 1.11 bits per heavy atom. The molecular weight excluding hydrogens is 348 g/mol. The van der Waals surface area contributed by atoms with Gasteiger partial charge in [-0.25, -0.2) is 0 Å². The monoisotopic (exact) mass is 386 g/mol. The van der Waals surface area contributed by atoms with Crippen LogP contribution in [-0.4, -0.2) is 14.4 Å². The molecule has 0 aromatic heterocycles. The number of fused-ring (bicyclic) bond motifs is 1. The maximum atomic E-state index is 6.60. The molecule has 0 unspecified atom stereocenters. The molecule has 1 saturated carbocycles. The van der Waals surface area contributed by atoms with Gasteiger partial charge in [-0.1, -0.05) is 60.6 Å². The Morgan fingerprint density at radius 3 is 2.37 bits per heavy atom. The Bertz CT molecular complexity index is 748. The van der Waals surface area contributed by atoms with Crippen molar-refractivity contribution in [2.24, 2.45) is 10.8 Å². The van der Waals surface area contributed by atoms with Gasteiger partial charge in [-0.3, -0.25) is 0 Å². The third-order valence-corrected chi connectivity index (χ3v) is 11.3. The van der Waals surface area contributed by atoms with Crippen molar-refractivity contribution in [1.29, 1.82) is 0 Å². The summed E-state index contributed by atoms with van der Waals surface area (Å²) >= 11 is 0. The zero-order valence-electron chi connectivity index (χ0n) is 18.8. The first-order chi connectivity index (χ1) is 12.3. The minimum absolute atomic E-state index is 0.0967. The molecule has 1 aliphatic carbocycles. The summed E-state index contributed by atoms with van der Waals surface area (Å²) in [6, 6.07) is 8.60. The second-order valence-electron chi connectivity index (χ2n) is 11.3. The van der Waals surface area contributed by atoms with Crippen LogP contribution in [0.2, 0.25) is 18.1 Å². The summed E-state index contributed by atoms with van der Waals surface area (Å²) in [5.74, 6) is 2.08. The van der Waals surface area contributed by atoms with Crippen LogP contribution in [0.15, 0.2) is 29.8 Å². The Labute approximate surface area is 167 Å². The molecule has 3 rings (SSSR count). The molecule has 0 saturated heterocycles. The summed E-state index contributed by atoms with van der Waals surface area (Å²) in [4.78, 5) is 0. The normalized spacial score (nSPS) is 26.2. The van der Waals surface area contributed by atoms with Crippen LogP contribution in [0.5, 0.6) is 5.75 Å². The van der Waals surface area contributed by atoms with Crippen molar-refractivity contribution in [3.05, 3.63) is 35.4 Å². The molecule has 150 valence electrons. The van der Waals surface area contributed by atoms with Gasteiger partial charge >= 0.3 is 0 Å². The zero-order valence-corrected chi connectivity index (χ0v) is 19.8. The molecule has 3 heteroatoms. The van der Waals surface area contributed by atoms with Gasteiger partial charge in [0.2, 0.25) is 8.32 Å². The van der Waals surface area contributed by atoms with E-state index in [0.717, 1.165) is 11.5 Å². The van der Waals surface area contributed by atoms with Crippen molar-refractivity contribution < 1.29 is 9.16 Å². The van der Waals surface area contributed by atoms with E-state index in [0.29, 0.717) is 6.10 Å². The fourth-order valence-corrected chi connectivity index (χ4v) is 5.65. The Kier molecular flexibility index (Phi) is 4.86. The van der Waals surface area contributed by atoms with E-state index in [1.54, 1.807) is 0 Å². The van der Waals surface area contributed by atoms with Crippen molar-refractivity contribution in [3.8, 4) is 5.75 Å². The highest BCUT2D eigenvalue weighted by Crippen LogP contribution is 2.59. The van der Waals surface area contributed by atoms with Gasteiger partial charge < -0.3 is 9.16 Å². The second-order valence-corrected chi connectivity index (χ2v) is 16.0. The molecule has 2 aliphatic rings. The second kappa shape index (κ2) is 6.40. The first-order valence-corrected chi connectivity index (χ1v) is 13.4. The standard InChI is InChI=1S/C24H38O2Si/c1-22(2,3)21-20(25-19-14-11-15-24(19,21)7)17-12-10-13-18(16-17)26-27(8,9)23(4,5)6/h10,12-13,16,19H,11,14-15H2,1-9H3/t19-,24+/m0/s1. The lowest BCUT2D eigenvalue weighted by atomic mass is 9.68. The summed E-state index contributed by atoms with van der Waals surface area (Å²) in [5, 5.41) is 0.188. The summed E-state index contributed by atoms with van der Waals surface area (Å²) < 4.78 is 13.2. The predicted molar refractivity (Wildman–Crippen MR) is 117 cm³/mol. The lowest BCUT2D eigenvalue weighted by Crippen LogP contribution is -2.43. The molecule has 1 aromatic rings. The molecule has 0 amide bonds. The van der Waals surface area contributed by atoms with E-state index in [2.05, 4.69) is 85.8 Å². The van der Waals surface area contributed by atoms with Gasteiger partial charge in [-0.2, -0.15) is 0 Å². The smallest absolute Gasteiger partial charge is 0.250 e. The number of hydrogen-bond acceptors (Lipinski definition) is 2. The summed E-state index contributed by atoms with van der Waals surface area (Å²) in [6.07, 6.45) is 3.99. The Balaban J connectivity index is 2.02. The summed E-state index contributed by atoms with van der Waals surface area (Å²) in [7, 11) is -1.86. The highest BCUT2D eigenvalue weighted by atomic mass is 28.4. The molecule has 0 N–H and O–H groups in total. The van der Waals surface area contributed by atoms with Crippen LogP contribution in [0.1, 0.15) is 73.3 Å². The van der Waals surface area contributed by atoms with Crippen LogP contribution in [0, 0.1) is 10.8 Å². The van der Waals surface area contributed by atoms with Crippen LogP contribution in [-0.2, 0) is 4.74 Å². The number of hydrogen-bond donors (Lipinski definition) is 0. The van der Waals surface area contributed by atoms with Crippen molar-refractivity contribution >= 4 is 14.1 Å². The number of ether oxygens (including phenoxy) is 1. The molecule has 0 bridgehead atoms. The van der Waals surface area contributed by atoms with Gasteiger partial charge in [-0.05, 0) is 60.5 Å². The van der Waals surface area contributed by atoms with Crippen LogP contribution >= 0.6 is 0 Å². The van der Waals surface area contributed by atoms with Crippen LogP contribution < -0.4 is 4.43 Å². The van der Waals surface area contributed by atoms with E-state index in [1.165, 1.54) is 30.4 Å². The lowest BCUT2D eigenvalue weighted by Gasteiger charge is -2.36. The quantitative estimate of drug-likeness (QED) is 0.503. The predicted octanol–water partition coefficient (Wildman–Crippen LogP) is 7.42. The molecule has 1 aliphatic heterocycles. The van der Waals surface area contributed by atoms with Gasteiger partial charge in [0.05, 0.1) is 0 Å². The average molecular weight is 387 g/mol. The maximum absolute atomic E-state index is 6.60. The molecule has 2 nitrogen and oxygen atoms in total. The van der Waals surface area contributed by atoms with Gasteiger partial charge in [0.25, 0.3) is 0 Å². The molecular formula is C24H38O2Si. The van der Waals surface area contributed by atoms with Crippen molar-refractivity contribution in [2.75, 3.05) is 0 Å². The van der Waals surface area contributed by atoms with E-state index < -0.39 is 8.32 Å². The van der Waals surface area contributed by atoms with Crippen LogP contribution in [0.25, 0.3) is 5.76 Å². The molecule has 1 fully saturated rings. The fourth-order valence-electron chi connectivity index (χ4n) is 4.63. The fraction of sp³-hybridized carbons (Fsp3) is 0.667. The summed E-state index contributed by atoms with van der Waals surface area (Å²) in [6.45, 7) is 20.8. The van der Waals surface area contributed by atoms with E-state index in [-0.39, 0.29) is 15.9 Å². The Morgan fingerprint density at radius 2 is 1.78 bits per heavy atom. The van der Waals surface area contributed by atoms with Gasteiger partial charge in [-0.15, -0.1) is 0 Å². The SMILES string of the molecule is CC(C)(C)C1=C(c2cccc(O[Si](C)(C)C(C)(C)C)c2)O[C@H]2CCC[C@@]12C. The average Bonchev–Trinajstić information content (AvgIpc) is 2.98. The highest BCUT2D eigenvalue weighted by Gasteiger charge is 2.53. The molecule has 0 spiro atoms. The zero-order chi connectivity index (χ0) is 20.3. The Hall–Kier alpha value is -1.22. The van der Waals surface area contributed by atoms with E-state index in [4.69, 9.17) is 9.16 Å². The van der Waals surface area contributed by atoms with E-state index in [9.17, 15) is 0 Å². The largest absolute Gasteiger partial charge is 0.543 e. The molecule has 2 atom stereocenters. The third kappa shape index (κ3) is 3.60. The molecule has 27 heavy (non-hydrogen) atoms. The van der Waals surface area contributed by atoms with Crippen molar-refractivity contribution in [3.63, 3.8) is 0 Å². The minimum atomic E-state index is -1.86. The van der Waals surface area contributed by atoms with Gasteiger partial charge in [0, 0.05) is 11.0 Å². The molecule has 1 heterocycles. The minimum Gasteiger partial charge on any atom is -0.543 e. The van der Waals surface area contributed by atoms with Crippen molar-refractivity contribution in [1.82, 2.24) is 0 Å². The van der Waals surface area contributed by atoms with Crippen LogP contribution in [0.3, 0.4) is 0 Å². The first kappa shape index (κ1) is 20.5. The molecule has 0 radical (unpaired) electrons. The van der Waals surface area contributed by atoms with Gasteiger partial charge in [0.15, 0.2) is 0 Å². The summed E-state index contributed by atoms with van der Waals surface area (Å²) in [5.41, 5.74) is 2.93. The third-order valence-electron chi connectivity index (χ3n) is 6.96. The van der Waals surface area contributed by atoms with E-state index >= 15 is 0 Å². The lowest BCUT2D eigenvalue weighted by molar-refractivity contribution is 0.117. The van der Waals surface area contributed by atoms with E-state index in [1.807, 2.05) is 0 Å². The molecule has 1 aromatic carbocycles. The van der Waals surface area contributed by atoms with Crippen molar-refractivity contribution in [2.45, 2.75) is 92.0 Å². The number of rotatable bonds is 3. The first-order valence-electron chi connectivity index (χ1n) is 10.5. The number of benzene rings is 1. The topological polar surface area (TPSA) is 18.5 Å². The highest BCUT2D eigenvalue weighted by molar-refractivity contribution is 6.74.